The van der Waals surface area contributed by atoms with Crippen LogP contribution < -0.4 is 0 Å². The van der Waals surface area contributed by atoms with Crippen LogP contribution in [0.5, 0.6) is 0 Å². The van der Waals surface area contributed by atoms with Crippen LogP contribution in [0.15, 0.2) is 18.2 Å². The highest BCUT2D eigenvalue weighted by atomic mass is 19.1. The number of hydrogen-bond donors (Lipinski definition) is 1. The van der Waals surface area contributed by atoms with Crippen LogP contribution in [-0.4, -0.2) is 46.1 Å². The molecule has 136 valence electrons. The number of hydrogen-bond acceptors (Lipinski definition) is 4. The van der Waals surface area contributed by atoms with E-state index in [4.69, 9.17) is 9.84 Å². The van der Waals surface area contributed by atoms with E-state index in [2.05, 4.69) is 10.00 Å². The van der Waals surface area contributed by atoms with E-state index in [1.165, 1.54) is 11.6 Å². The quantitative estimate of drug-likeness (QED) is 0.903. The molecular formula is C19H26FN3O2. The van der Waals surface area contributed by atoms with Gasteiger partial charge in [-0.1, -0.05) is 12.1 Å². The summed E-state index contributed by atoms with van der Waals surface area (Å²) in [4.78, 5) is 2.35. The van der Waals surface area contributed by atoms with Gasteiger partial charge in [0.1, 0.15) is 5.82 Å². The van der Waals surface area contributed by atoms with Gasteiger partial charge in [-0.2, -0.15) is 5.10 Å². The third kappa shape index (κ3) is 3.92. The molecule has 1 aliphatic heterocycles. The number of ether oxygens (including phenoxy) is 1. The largest absolute Gasteiger partial charge is 0.394 e. The SMILES string of the molecule is Cc1cc(C2CN(Cc3c(C)nn(CCO)c3C)CCO2)ccc1F. The van der Waals surface area contributed by atoms with Crippen LogP contribution in [0.25, 0.3) is 0 Å². The topological polar surface area (TPSA) is 50.5 Å². The predicted octanol–water partition coefficient (Wildman–Crippen LogP) is 2.51. The Morgan fingerprint density at radius 1 is 1.32 bits per heavy atom. The van der Waals surface area contributed by atoms with Crippen molar-refractivity contribution < 1.29 is 14.2 Å². The Bertz CT molecular complexity index is 745. The van der Waals surface area contributed by atoms with E-state index in [1.54, 1.807) is 6.92 Å². The summed E-state index contributed by atoms with van der Waals surface area (Å²) in [5.41, 5.74) is 4.99. The van der Waals surface area contributed by atoms with E-state index < -0.39 is 0 Å². The lowest BCUT2D eigenvalue weighted by Crippen LogP contribution is -2.38. The summed E-state index contributed by atoms with van der Waals surface area (Å²) in [6, 6.07) is 5.20. The van der Waals surface area contributed by atoms with Crippen molar-refractivity contribution in [2.45, 2.75) is 40.0 Å². The first-order valence-corrected chi connectivity index (χ1v) is 8.73. The summed E-state index contributed by atoms with van der Waals surface area (Å²) in [7, 11) is 0. The Morgan fingerprint density at radius 3 is 2.84 bits per heavy atom. The average molecular weight is 347 g/mol. The van der Waals surface area contributed by atoms with Gasteiger partial charge in [-0.15, -0.1) is 0 Å². The molecule has 0 spiro atoms. The summed E-state index contributed by atoms with van der Waals surface area (Å²) in [5, 5.41) is 13.7. The van der Waals surface area contributed by atoms with Crippen molar-refractivity contribution in [2.24, 2.45) is 0 Å². The number of aliphatic hydroxyl groups excluding tert-OH is 1. The number of nitrogens with zero attached hydrogens (tertiary/aromatic N) is 3. The summed E-state index contributed by atoms with van der Waals surface area (Å²) in [5.74, 6) is -0.182. The normalized spacial score (nSPS) is 18.7. The van der Waals surface area contributed by atoms with Crippen LogP contribution in [0.2, 0.25) is 0 Å². The van der Waals surface area contributed by atoms with Crippen molar-refractivity contribution in [1.29, 1.82) is 0 Å². The van der Waals surface area contributed by atoms with Gasteiger partial charge in [-0.3, -0.25) is 9.58 Å². The smallest absolute Gasteiger partial charge is 0.126 e. The molecule has 2 aromatic rings. The molecular weight excluding hydrogens is 321 g/mol. The van der Waals surface area contributed by atoms with E-state index in [1.807, 2.05) is 30.7 Å². The molecule has 1 N–H and O–H groups in total. The maximum atomic E-state index is 13.5. The number of aryl methyl sites for hydroxylation is 2. The Balaban J connectivity index is 1.73. The zero-order chi connectivity index (χ0) is 18.0. The molecule has 0 amide bonds. The van der Waals surface area contributed by atoms with Crippen LogP contribution in [0.3, 0.4) is 0 Å². The number of benzene rings is 1. The highest BCUT2D eigenvalue weighted by molar-refractivity contribution is 5.27. The van der Waals surface area contributed by atoms with Gasteiger partial charge >= 0.3 is 0 Å². The molecule has 1 fully saturated rings. The fourth-order valence-electron chi connectivity index (χ4n) is 3.41. The van der Waals surface area contributed by atoms with Gasteiger partial charge < -0.3 is 9.84 Å². The Hall–Kier alpha value is -1.76. The second-order valence-electron chi connectivity index (χ2n) is 6.70. The molecule has 1 aromatic heterocycles. The van der Waals surface area contributed by atoms with Crippen molar-refractivity contribution in [1.82, 2.24) is 14.7 Å². The first-order valence-electron chi connectivity index (χ1n) is 8.73. The van der Waals surface area contributed by atoms with E-state index in [0.29, 0.717) is 18.7 Å². The molecule has 2 heterocycles. The summed E-state index contributed by atoms with van der Waals surface area (Å²) >= 11 is 0. The van der Waals surface area contributed by atoms with Crippen LogP contribution in [0, 0.1) is 26.6 Å². The van der Waals surface area contributed by atoms with Crippen LogP contribution in [0.1, 0.15) is 34.2 Å². The molecule has 1 unspecified atom stereocenters. The third-order valence-electron chi connectivity index (χ3n) is 4.93. The summed E-state index contributed by atoms with van der Waals surface area (Å²) in [6.07, 6.45) is -0.0406. The molecule has 5 nitrogen and oxygen atoms in total. The number of aromatic nitrogens is 2. The molecule has 0 bridgehead atoms. The predicted molar refractivity (Wildman–Crippen MR) is 93.9 cm³/mol. The Morgan fingerprint density at radius 2 is 2.12 bits per heavy atom. The molecule has 1 atom stereocenters. The average Bonchev–Trinajstić information content (AvgIpc) is 2.86. The molecule has 3 rings (SSSR count). The molecule has 1 aromatic carbocycles. The standard InChI is InChI=1S/C19H26FN3O2/c1-13-10-16(4-5-18(13)20)19-12-22(7-9-25-19)11-17-14(2)21-23(6-8-24)15(17)3/h4-5,10,19,24H,6-9,11-12H2,1-3H3. The zero-order valence-electron chi connectivity index (χ0n) is 15.1. The maximum Gasteiger partial charge on any atom is 0.126 e. The van der Waals surface area contributed by atoms with Crippen molar-refractivity contribution in [2.75, 3.05) is 26.3 Å². The maximum absolute atomic E-state index is 13.5. The number of aliphatic hydroxyl groups is 1. The van der Waals surface area contributed by atoms with Gasteiger partial charge in [0.05, 0.1) is 31.6 Å². The molecule has 1 aliphatic rings. The second-order valence-corrected chi connectivity index (χ2v) is 6.70. The monoisotopic (exact) mass is 347 g/mol. The highest BCUT2D eigenvalue weighted by Gasteiger charge is 2.24. The number of halogens is 1. The highest BCUT2D eigenvalue weighted by Crippen LogP contribution is 2.26. The minimum absolute atomic E-state index is 0.0406. The second kappa shape index (κ2) is 7.64. The lowest BCUT2D eigenvalue weighted by atomic mass is 10.0. The van der Waals surface area contributed by atoms with Crippen LogP contribution in [-0.2, 0) is 17.8 Å². The number of rotatable bonds is 5. The number of morpholine rings is 1. The van der Waals surface area contributed by atoms with Crippen molar-refractivity contribution in [3.8, 4) is 0 Å². The minimum atomic E-state index is -0.182. The first kappa shape index (κ1) is 18.0. The molecule has 1 saturated heterocycles. The van der Waals surface area contributed by atoms with Gasteiger partial charge in [0.2, 0.25) is 0 Å². The lowest BCUT2D eigenvalue weighted by molar-refractivity contribution is -0.0330. The van der Waals surface area contributed by atoms with Gasteiger partial charge in [-0.25, -0.2) is 4.39 Å². The minimum Gasteiger partial charge on any atom is -0.394 e. The molecule has 6 heteroatoms. The first-order chi connectivity index (χ1) is 12.0. The Kier molecular flexibility index (Phi) is 5.51. The van der Waals surface area contributed by atoms with E-state index in [-0.39, 0.29) is 18.5 Å². The molecule has 0 radical (unpaired) electrons. The zero-order valence-corrected chi connectivity index (χ0v) is 15.1. The van der Waals surface area contributed by atoms with Gasteiger partial charge in [0.15, 0.2) is 0 Å². The summed E-state index contributed by atoms with van der Waals surface area (Å²) < 4.78 is 21.3. The van der Waals surface area contributed by atoms with Gasteiger partial charge in [-0.05, 0) is 38.0 Å². The van der Waals surface area contributed by atoms with E-state index in [0.717, 1.165) is 36.6 Å². The van der Waals surface area contributed by atoms with Crippen molar-refractivity contribution in [3.63, 3.8) is 0 Å². The van der Waals surface area contributed by atoms with E-state index >= 15 is 0 Å². The van der Waals surface area contributed by atoms with Crippen molar-refractivity contribution >= 4 is 0 Å². The molecule has 0 saturated carbocycles. The lowest BCUT2D eigenvalue weighted by Gasteiger charge is -2.33. The molecule has 25 heavy (non-hydrogen) atoms. The summed E-state index contributed by atoms with van der Waals surface area (Å²) in [6.45, 7) is 9.55. The van der Waals surface area contributed by atoms with Gasteiger partial charge in [0, 0.05) is 30.9 Å². The van der Waals surface area contributed by atoms with Crippen LogP contribution >= 0.6 is 0 Å². The third-order valence-corrected chi connectivity index (χ3v) is 4.93. The Labute approximate surface area is 148 Å². The fraction of sp³-hybridized carbons (Fsp3) is 0.526. The van der Waals surface area contributed by atoms with Crippen LogP contribution in [0.4, 0.5) is 4.39 Å². The molecule has 0 aliphatic carbocycles. The fourth-order valence-corrected chi connectivity index (χ4v) is 3.41. The van der Waals surface area contributed by atoms with Crippen molar-refractivity contribution in [3.05, 3.63) is 52.1 Å². The van der Waals surface area contributed by atoms with Gasteiger partial charge in [0.25, 0.3) is 0 Å². The van der Waals surface area contributed by atoms with E-state index in [9.17, 15) is 4.39 Å².